The van der Waals surface area contributed by atoms with Crippen LogP contribution in [0.15, 0.2) is 54.6 Å². The van der Waals surface area contributed by atoms with Crippen molar-refractivity contribution in [3.63, 3.8) is 0 Å². The number of likely N-dealkylation sites (N-methyl/N-ethyl adjacent to an activating group) is 1. The van der Waals surface area contributed by atoms with E-state index >= 15 is 0 Å². The number of nitrogens with one attached hydrogen (secondary N) is 1. The lowest BCUT2D eigenvalue weighted by atomic mass is 10.1. The zero-order chi connectivity index (χ0) is 22.3. The van der Waals surface area contributed by atoms with Gasteiger partial charge in [0.25, 0.3) is 0 Å². The first-order valence-electron chi connectivity index (χ1n) is 9.79. The van der Waals surface area contributed by atoms with Gasteiger partial charge in [0.2, 0.25) is 21.8 Å². The van der Waals surface area contributed by atoms with Gasteiger partial charge in [-0.05, 0) is 38.5 Å². The van der Waals surface area contributed by atoms with E-state index in [2.05, 4.69) is 5.32 Å². The van der Waals surface area contributed by atoms with Gasteiger partial charge in [-0.3, -0.25) is 13.9 Å². The molecule has 2 aromatic rings. The van der Waals surface area contributed by atoms with E-state index < -0.39 is 28.5 Å². The van der Waals surface area contributed by atoms with E-state index in [1.54, 1.807) is 38.1 Å². The van der Waals surface area contributed by atoms with Crippen molar-refractivity contribution in [2.75, 3.05) is 23.7 Å². The van der Waals surface area contributed by atoms with Crippen LogP contribution in [-0.2, 0) is 26.2 Å². The molecule has 7 nitrogen and oxygen atoms in total. The van der Waals surface area contributed by atoms with Crippen LogP contribution in [0.5, 0.6) is 0 Å². The van der Waals surface area contributed by atoms with E-state index in [-0.39, 0.29) is 12.5 Å². The third-order valence-electron chi connectivity index (χ3n) is 4.72. The van der Waals surface area contributed by atoms with Crippen molar-refractivity contribution in [3.05, 3.63) is 65.7 Å². The summed E-state index contributed by atoms with van der Waals surface area (Å²) < 4.78 is 25.9. The topological polar surface area (TPSA) is 86.8 Å². The Labute approximate surface area is 178 Å². The van der Waals surface area contributed by atoms with Crippen molar-refractivity contribution in [3.8, 4) is 0 Å². The highest BCUT2D eigenvalue weighted by molar-refractivity contribution is 7.92. The monoisotopic (exact) mass is 431 g/mol. The van der Waals surface area contributed by atoms with Gasteiger partial charge in [-0.25, -0.2) is 8.42 Å². The van der Waals surface area contributed by atoms with Crippen molar-refractivity contribution < 1.29 is 18.0 Å². The summed E-state index contributed by atoms with van der Waals surface area (Å²) in [5.74, 6) is -0.744. The second-order valence-corrected chi connectivity index (χ2v) is 9.09. The zero-order valence-electron chi connectivity index (χ0n) is 17.8. The van der Waals surface area contributed by atoms with Crippen LogP contribution in [0.25, 0.3) is 0 Å². The van der Waals surface area contributed by atoms with Gasteiger partial charge >= 0.3 is 0 Å². The van der Waals surface area contributed by atoms with E-state index in [0.717, 1.165) is 21.7 Å². The van der Waals surface area contributed by atoms with Gasteiger partial charge in [0, 0.05) is 13.1 Å². The van der Waals surface area contributed by atoms with Crippen LogP contribution < -0.4 is 9.62 Å². The van der Waals surface area contributed by atoms with E-state index in [4.69, 9.17) is 0 Å². The summed E-state index contributed by atoms with van der Waals surface area (Å²) in [7, 11) is -3.70. The van der Waals surface area contributed by atoms with Crippen LogP contribution in [-0.4, -0.2) is 50.5 Å². The average molecular weight is 432 g/mol. The smallest absolute Gasteiger partial charge is 0.244 e. The van der Waals surface area contributed by atoms with Gasteiger partial charge < -0.3 is 10.2 Å². The minimum Gasteiger partial charge on any atom is -0.355 e. The van der Waals surface area contributed by atoms with E-state index in [1.165, 1.54) is 4.90 Å². The Hall–Kier alpha value is -2.87. The number of carbonyl (C=O) groups is 2. The van der Waals surface area contributed by atoms with Gasteiger partial charge in [-0.15, -0.1) is 0 Å². The summed E-state index contributed by atoms with van der Waals surface area (Å²) >= 11 is 0. The predicted molar refractivity (Wildman–Crippen MR) is 119 cm³/mol. The fraction of sp³-hybridized carbons (Fsp3) is 0.364. The van der Waals surface area contributed by atoms with E-state index in [9.17, 15) is 18.0 Å². The first-order valence-corrected chi connectivity index (χ1v) is 11.6. The summed E-state index contributed by atoms with van der Waals surface area (Å²) in [5.41, 5.74) is 2.24. The minimum absolute atomic E-state index is 0.198. The zero-order valence-corrected chi connectivity index (χ0v) is 18.6. The van der Waals surface area contributed by atoms with Crippen LogP contribution in [0.1, 0.15) is 25.0 Å². The average Bonchev–Trinajstić information content (AvgIpc) is 2.70. The Bertz CT molecular complexity index is 960. The SMILES string of the molecule is CCNC(=O)C(C)N(Cc1ccccc1)C(=O)CN(c1ccc(C)cc1)S(C)(=O)=O. The molecule has 30 heavy (non-hydrogen) atoms. The molecular formula is C22H29N3O4S. The Morgan fingerprint density at radius 3 is 2.17 bits per heavy atom. The van der Waals surface area contributed by atoms with Crippen molar-refractivity contribution >= 4 is 27.5 Å². The third-order valence-corrected chi connectivity index (χ3v) is 5.86. The van der Waals surface area contributed by atoms with Crippen LogP contribution >= 0.6 is 0 Å². The fourth-order valence-electron chi connectivity index (χ4n) is 3.01. The highest BCUT2D eigenvalue weighted by atomic mass is 32.2. The molecule has 0 aromatic heterocycles. The first kappa shape index (κ1) is 23.4. The number of carbonyl (C=O) groups excluding carboxylic acids is 2. The normalized spacial score (nSPS) is 12.1. The minimum atomic E-state index is -3.70. The lowest BCUT2D eigenvalue weighted by Crippen LogP contribution is -2.51. The predicted octanol–water partition coefficient (Wildman–Crippen LogP) is 2.31. The number of amides is 2. The molecule has 0 heterocycles. The van der Waals surface area contributed by atoms with Crippen LogP contribution in [0.3, 0.4) is 0 Å². The number of hydrogen-bond donors (Lipinski definition) is 1. The van der Waals surface area contributed by atoms with Crippen LogP contribution in [0, 0.1) is 6.92 Å². The Kier molecular flexibility index (Phi) is 8.00. The van der Waals surface area contributed by atoms with Gasteiger partial charge in [0.1, 0.15) is 12.6 Å². The molecule has 0 saturated heterocycles. The second kappa shape index (κ2) is 10.2. The largest absolute Gasteiger partial charge is 0.355 e. The van der Waals surface area contributed by atoms with Gasteiger partial charge in [-0.1, -0.05) is 48.0 Å². The summed E-state index contributed by atoms with van der Waals surface area (Å²) in [5, 5.41) is 2.72. The Morgan fingerprint density at radius 1 is 1.03 bits per heavy atom. The van der Waals surface area contributed by atoms with Gasteiger partial charge in [0.15, 0.2) is 0 Å². The molecule has 2 amide bonds. The lowest BCUT2D eigenvalue weighted by Gasteiger charge is -2.31. The summed E-state index contributed by atoms with van der Waals surface area (Å²) in [4.78, 5) is 27.1. The standard InChI is InChI=1S/C22H29N3O4S/c1-5-23-22(27)18(3)24(15-19-9-7-6-8-10-19)21(26)16-25(30(4,28)29)20-13-11-17(2)12-14-20/h6-14,18H,5,15-16H2,1-4H3,(H,23,27). The van der Waals surface area contributed by atoms with Crippen molar-refractivity contribution in [2.24, 2.45) is 0 Å². The molecule has 2 rings (SSSR count). The number of hydrogen-bond acceptors (Lipinski definition) is 4. The summed E-state index contributed by atoms with van der Waals surface area (Å²) in [6, 6.07) is 15.4. The Balaban J connectivity index is 2.34. The number of aryl methyl sites for hydroxylation is 1. The molecule has 0 saturated carbocycles. The highest BCUT2D eigenvalue weighted by Crippen LogP contribution is 2.19. The molecule has 0 fully saturated rings. The molecule has 1 atom stereocenters. The molecule has 0 spiro atoms. The molecule has 0 aliphatic rings. The molecule has 2 aromatic carbocycles. The number of rotatable bonds is 9. The van der Waals surface area contributed by atoms with E-state index in [0.29, 0.717) is 12.2 Å². The van der Waals surface area contributed by atoms with E-state index in [1.807, 2.05) is 37.3 Å². The van der Waals surface area contributed by atoms with Crippen LogP contribution in [0.4, 0.5) is 5.69 Å². The molecule has 1 unspecified atom stereocenters. The lowest BCUT2D eigenvalue weighted by molar-refractivity contribution is -0.139. The fourth-order valence-corrected chi connectivity index (χ4v) is 3.86. The van der Waals surface area contributed by atoms with Crippen molar-refractivity contribution in [2.45, 2.75) is 33.4 Å². The van der Waals surface area contributed by atoms with Crippen molar-refractivity contribution in [1.82, 2.24) is 10.2 Å². The maximum absolute atomic E-state index is 13.2. The summed E-state index contributed by atoms with van der Waals surface area (Å²) in [6.45, 7) is 5.59. The second-order valence-electron chi connectivity index (χ2n) is 7.18. The maximum Gasteiger partial charge on any atom is 0.244 e. The molecular weight excluding hydrogens is 402 g/mol. The quantitative estimate of drug-likeness (QED) is 0.660. The Morgan fingerprint density at radius 2 is 1.63 bits per heavy atom. The molecule has 0 bridgehead atoms. The summed E-state index contributed by atoms with van der Waals surface area (Å²) in [6.07, 6.45) is 1.06. The molecule has 1 N–H and O–H groups in total. The maximum atomic E-state index is 13.2. The first-order chi connectivity index (χ1) is 14.1. The number of nitrogens with zero attached hydrogens (tertiary/aromatic N) is 2. The molecule has 162 valence electrons. The highest BCUT2D eigenvalue weighted by Gasteiger charge is 2.29. The number of anilines is 1. The molecule has 0 aliphatic carbocycles. The van der Waals surface area contributed by atoms with Gasteiger partial charge in [0.05, 0.1) is 11.9 Å². The van der Waals surface area contributed by atoms with Crippen LogP contribution in [0.2, 0.25) is 0 Å². The third kappa shape index (κ3) is 6.32. The molecule has 0 aliphatic heterocycles. The van der Waals surface area contributed by atoms with Crippen molar-refractivity contribution in [1.29, 1.82) is 0 Å². The van der Waals surface area contributed by atoms with Gasteiger partial charge in [-0.2, -0.15) is 0 Å². The molecule has 0 radical (unpaired) electrons. The number of benzene rings is 2. The molecule has 8 heteroatoms. The number of sulfonamides is 1.